The molecular formula is C16H25N3O3S. The van der Waals surface area contributed by atoms with E-state index in [1.54, 1.807) is 18.2 Å². The van der Waals surface area contributed by atoms with E-state index in [9.17, 15) is 13.2 Å². The van der Waals surface area contributed by atoms with Crippen LogP contribution in [0.5, 0.6) is 0 Å². The molecule has 0 aromatic heterocycles. The fourth-order valence-electron chi connectivity index (χ4n) is 2.48. The van der Waals surface area contributed by atoms with Gasteiger partial charge in [0.1, 0.15) is 0 Å². The summed E-state index contributed by atoms with van der Waals surface area (Å²) in [4.78, 5) is 12.2. The molecule has 6 nitrogen and oxygen atoms in total. The molecule has 0 unspecified atom stereocenters. The maximum Gasteiger partial charge on any atom is 0.241 e. The van der Waals surface area contributed by atoms with Crippen molar-refractivity contribution in [1.29, 1.82) is 0 Å². The zero-order valence-corrected chi connectivity index (χ0v) is 14.9. The first-order valence-corrected chi connectivity index (χ1v) is 9.31. The first-order chi connectivity index (χ1) is 10.5. The lowest BCUT2D eigenvalue weighted by Gasteiger charge is -2.26. The normalized spacial score (nSPS) is 18.7. The third-order valence-corrected chi connectivity index (χ3v) is 5.92. The molecule has 1 aromatic rings. The van der Waals surface area contributed by atoms with Crippen molar-refractivity contribution in [3.8, 4) is 0 Å². The zero-order valence-electron chi connectivity index (χ0n) is 14.1. The van der Waals surface area contributed by atoms with E-state index in [-0.39, 0.29) is 17.1 Å². The van der Waals surface area contributed by atoms with E-state index in [4.69, 9.17) is 5.73 Å². The number of amides is 1. The lowest BCUT2D eigenvalue weighted by molar-refractivity contribution is -0.119. The minimum atomic E-state index is -3.25. The van der Waals surface area contributed by atoms with Crippen molar-refractivity contribution in [3.63, 3.8) is 0 Å². The molecule has 1 amide bonds. The number of hydrogen-bond acceptors (Lipinski definition) is 4. The van der Waals surface area contributed by atoms with Gasteiger partial charge in [-0.2, -0.15) is 0 Å². The number of nitrogens with zero attached hydrogens (tertiary/aromatic N) is 1. The standard InChI is InChI=1S/C16H25N3O3S/c1-11-6-7-12(18-15(20)14(17)16(2,3)4)10-13(11)19-8-5-9-23(19,21)22/h6-7,10,14H,5,8-9,17H2,1-4H3,(H,18,20)/t14-/m1/s1. The summed E-state index contributed by atoms with van der Waals surface area (Å²) in [7, 11) is -3.25. The summed E-state index contributed by atoms with van der Waals surface area (Å²) < 4.78 is 25.6. The van der Waals surface area contributed by atoms with E-state index in [0.29, 0.717) is 24.3 Å². The summed E-state index contributed by atoms with van der Waals surface area (Å²) in [5, 5.41) is 2.78. The van der Waals surface area contributed by atoms with Crippen LogP contribution < -0.4 is 15.4 Å². The van der Waals surface area contributed by atoms with Gasteiger partial charge in [-0.3, -0.25) is 9.10 Å². The second-order valence-electron chi connectivity index (χ2n) is 7.08. The van der Waals surface area contributed by atoms with Crippen LogP contribution in [-0.2, 0) is 14.8 Å². The van der Waals surface area contributed by atoms with E-state index >= 15 is 0 Å². The summed E-state index contributed by atoms with van der Waals surface area (Å²) in [5.74, 6) is -0.116. The molecule has 1 aliphatic heterocycles. The topological polar surface area (TPSA) is 92.5 Å². The van der Waals surface area contributed by atoms with Crippen LogP contribution in [0.15, 0.2) is 18.2 Å². The molecular weight excluding hydrogens is 314 g/mol. The molecule has 1 aromatic carbocycles. The van der Waals surface area contributed by atoms with Crippen molar-refractivity contribution >= 4 is 27.3 Å². The molecule has 0 radical (unpaired) electrons. The van der Waals surface area contributed by atoms with Crippen molar-refractivity contribution in [2.24, 2.45) is 11.1 Å². The van der Waals surface area contributed by atoms with Crippen LogP contribution >= 0.6 is 0 Å². The number of aryl methyl sites for hydroxylation is 1. The molecule has 128 valence electrons. The number of anilines is 2. The van der Waals surface area contributed by atoms with Crippen molar-refractivity contribution in [2.45, 2.75) is 40.2 Å². The molecule has 0 bridgehead atoms. The van der Waals surface area contributed by atoms with Gasteiger partial charge in [-0.05, 0) is 36.5 Å². The number of sulfonamides is 1. The number of rotatable bonds is 3. The van der Waals surface area contributed by atoms with Crippen molar-refractivity contribution in [3.05, 3.63) is 23.8 Å². The van der Waals surface area contributed by atoms with Gasteiger partial charge in [0, 0.05) is 12.2 Å². The van der Waals surface area contributed by atoms with Crippen molar-refractivity contribution < 1.29 is 13.2 Å². The van der Waals surface area contributed by atoms with Gasteiger partial charge in [0.05, 0.1) is 17.5 Å². The van der Waals surface area contributed by atoms with E-state index in [2.05, 4.69) is 5.32 Å². The van der Waals surface area contributed by atoms with Crippen molar-refractivity contribution in [1.82, 2.24) is 0 Å². The van der Waals surface area contributed by atoms with Crippen LogP contribution in [0, 0.1) is 12.3 Å². The quantitative estimate of drug-likeness (QED) is 0.879. The number of benzene rings is 1. The summed E-state index contributed by atoms with van der Waals surface area (Å²) in [6.45, 7) is 8.02. The van der Waals surface area contributed by atoms with Gasteiger partial charge < -0.3 is 11.1 Å². The maximum absolute atomic E-state index is 12.2. The average Bonchev–Trinajstić information content (AvgIpc) is 2.78. The van der Waals surface area contributed by atoms with Gasteiger partial charge in [-0.1, -0.05) is 26.8 Å². The molecule has 0 spiro atoms. The number of carbonyl (C=O) groups is 1. The molecule has 0 saturated carbocycles. The predicted molar refractivity (Wildman–Crippen MR) is 93.0 cm³/mol. The fourth-order valence-corrected chi connectivity index (χ4v) is 4.10. The fraction of sp³-hybridized carbons (Fsp3) is 0.562. The van der Waals surface area contributed by atoms with Crippen LogP contribution in [0.4, 0.5) is 11.4 Å². The summed E-state index contributed by atoms with van der Waals surface area (Å²) in [6, 6.07) is 4.62. The van der Waals surface area contributed by atoms with Gasteiger partial charge in [0.2, 0.25) is 15.9 Å². The Labute approximate surface area is 138 Å². The molecule has 3 N–H and O–H groups in total. The highest BCUT2D eigenvalue weighted by molar-refractivity contribution is 7.93. The summed E-state index contributed by atoms with van der Waals surface area (Å²) in [6.07, 6.45) is 0.618. The second kappa shape index (κ2) is 6.13. The summed E-state index contributed by atoms with van der Waals surface area (Å²) >= 11 is 0. The Morgan fingerprint density at radius 3 is 2.52 bits per heavy atom. The Morgan fingerprint density at radius 1 is 1.35 bits per heavy atom. The first kappa shape index (κ1) is 17.7. The van der Waals surface area contributed by atoms with Gasteiger partial charge in [-0.25, -0.2) is 8.42 Å². The van der Waals surface area contributed by atoms with E-state index in [1.807, 2.05) is 27.7 Å². The Bertz CT molecular complexity index is 708. The van der Waals surface area contributed by atoms with Crippen LogP contribution in [0.3, 0.4) is 0 Å². The Kier molecular flexibility index (Phi) is 4.73. The molecule has 1 saturated heterocycles. The largest absolute Gasteiger partial charge is 0.325 e. The second-order valence-corrected chi connectivity index (χ2v) is 9.09. The van der Waals surface area contributed by atoms with Crippen LogP contribution in [-0.4, -0.2) is 32.7 Å². The monoisotopic (exact) mass is 339 g/mol. The minimum absolute atomic E-state index is 0.165. The van der Waals surface area contributed by atoms with Crippen LogP contribution in [0.1, 0.15) is 32.8 Å². The highest BCUT2D eigenvalue weighted by Crippen LogP contribution is 2.30. The Hall–Kier alpha value is -1.60. The van der Waals surface area contributed by atoms with E-state index in [1.165, 1.54) is 4.31 Å². The smallest absolute Gasteiger partial charge is 0.241 e. The molecule has 1 fully saturated rings. The van der Waals surface area contributed by atoms with Gasteiger partial charge >= 0.3 is 0 Å². The number of hydrogen-bond donors (Lipinski definition) is 2. The third kappa shape index (κ3) is 3.84. The SMILES string of the molecule is Cc1ccc(NC(=O)[C@@H](N)C(C)(C)C)cc1N1CCCS1(=O)=O. The van der Waals surface area contributed by atoms with E-state index in [0.717, 1.165) is 5.56 Å². The number of nitrogens with two attached hydrogens (primary N) is 1. The molecule has 0 aliphatic carbocycles. The van der Waals surface area contributed by atoms with E-state index < -0.39 is 16.1 Å². The summed E-state index contributed by atoms with van der Waals surface area (Å²) in [5.41, 5.74) is 7.63. The Balaban J connectivity index is 2.26. The number of carbonyl (C=O) groups excluding carboxylic acids is 1. The Morgan fingerprint density at radius 2 is 2.00 bits per heavy atom. The average molecular weight is 339 g/mol. The predicted octanol–water partition coefficient (Wildman–Crippen LogP) is 1.85. The highest BCUT2D eigenvalue weighted by Gasteiger charge is 2.30. The van der Waals surface area contributed by atoms with Crippen LogP contribution in [0.2, 0.25) is 0 Å². The van der Waals surface area contributed by atoms with Gasteiger partial charge in [0.25, 0.3) is 0 Å². The lowest BCUT2D eigenvalue weighted by atomic mass is 9.87. The van der Waals surface area contributed by atoms with Gasteiger partial charge in [-0.15, -0.1) is 0 Å². The third-order valence-electron chi connectivity index (χ3n) is 4.06. The van der Waals surface area contributed by atoms with Crippen molar-refractivity contribution in [2.75, 3.05) is 21.9 Å². The molecule has 1 aliphatic rings. The maximum atomic E-state index is 12.2. The van der Waals surface area contributed by atoms with Crippen LogP contribution in [0.25, 0.3) is 0 Å². The highest BCUT2D eigenvalue weighted by atomic mass is 32.2. The molecule has 1 heterocycles. The molecule has 1 atom stereocenters. The molecule has 23 heavy (non-hydrogen) atoms. The number of nitrogens with one attached hydrogen (secondary N) is 1. The lowest BCUT2D eigenvalue weighted by Crippen LogP contribution is -2.45. The zero-order chi connectivity index (χ0) is 17.4. The first-order valence-electron chi connectivity index (χ1n) is 7.70. The molecule has 2 rings (SSSR count). The molecule has 7 heteroatoms. The van der Waals surface area contributed by atoms with Gasteiger partial charge in [0.15, 0.2) is 0 Å². The minimum Gasteiger partial charge on any atom is -0.325 e.